The van der Waals surface area contributed by atoms with Gasteiger partial charge in [0.2, 0.25) is 0 Å². The summed E-state index contributed by atoms with van der Waals surface area (Å²) in [7, 11) is 0. The lowest BCUT2D eigenvalue weighted by Gasteiger charge is -2.05. The molecule has 0 N–H and O–H groups in total. The van der Waals surface area contributed by atoms with Gasteiger partial charge in [0.15, 0.2) is 0 Å². The molecule has 2 heterocycles. The number of allylic oxidation sites excluding steroid dienone is 1. The van der Waals surface area contributed by atoms with Crippen molar-refractivity contribution < 1.29 is 0 Å². The van der Waals surface area contributed by atoms with Crippen molar-refractivity contribution in [1.29, 1.82) is 0 Å². The van der Waals surface area contributed by atoms with E-state index in [1.807, 2.05) is 25.4 Å². The normalized spacial score (nSPS) is 13.6. The van der Waals surface area contributed by atoms with E-state index in [1.54, 1.807) is 0 Å². The number of nitrogens with zero attached hydrogens (tertiary/aromatic N) is 3. The predicted octanol–water partition coefficient (Wildman–Crippen LogP) is 2.84. The lowest BCUT2D eigenvalue weighted by Crippen LogP contribution is -1.96. The minimum absolute atomic E-state index is 0.796. The fourth-order valence-electron chi connectivity index (χ4n) is 2.22. The second-order valence-corrected chi connectivity index (χ2v) is 4.63. The van der Waals surface area contributed by atoms with Crippen LogP contribution in [0.1, 0.15) is 22.6 Å². The number of benzene rings is 1. The fraction of sp³-hybridized carbons (Fsp3) is 0.188. The van der Waals surface area contributed by atoms with Crippen molar-refractivity contribution in [3.63, 3.8) is 0 Å². The second kappa shape index (κ2) is 5.14. The molecule has 2 aromatic rings. The van der Waals surface area contributed by atoms with Gasteiger partial charge in [-0.25, -0.2) is 9.97 Å². The topological polar surface area (TPSA) is 38.1 Å². The summed E-state index contributed by atoms with van der Waals surface area (Å²) in [6, 6.07) is 10.5. The summed E-state index contributed by atoms with van der Waals surface area (Å²) in [5, 5.41) is 0. The Hall–Kier alpha value is -2.29. The Bertz CT molecular complexity index is 657. The van der Waals surface area contributed by atoms with E-state index in [2.05, 4.69) is 45.3 Å². The Labute approximate surface area is 112 Å². The first-order chi connectivity index (χ1) is 9.31. The Morgan fingerprint density at radius 2 is 2.16 bits per heavy atom. The molecule has 0 radical (unpaired) electrons. The van der Waals surface area contributed by atoms with Gasteiger partial charge in [-0.1, -0.05) is 30.3 Å². The van der Waals surface area contributed by atoms with Crippen LogP contribution in [-0.4, -0.2) is 22.7 Å². The minimum Gasteiger partial charge on any atom is -0.288 e. The number of rotatable bonds is 3. The smallest absolute Gasteiger partial charge is 0.125 e. The van der Waals surface area contributed by atoms with Gasteiger partial charge in [0.1, 0.15) is 5.82 Å². The first-order valence-corrected chi connectivity index (χ1v) is 6.39. The zero-order chi connectivity index (χ0) is 13.1. The molecule has 3 heteroatoms. The van der Waals surface area contributed by atoms with Gasteiger partial charge in [-0.2, -0.15) is 0 Å². The van der Waals surface area contributed by atoms with Crippen molar-refractivity contribution in [2.75, 3.05) is 6.54 Å². The van der Waals surface area contributed by atoms with E-state index in [9.17, 15) is 0 Å². The van der Waals surface area contributed by atoms with Gasteiger partial charge in [-0.3, -0.25) is 4.99 Å². The van der Waals surface area contributed by atoms with Crippen LogP contribution in [0.5, 0.6) is 0 Å². The maximum absolute atomic E-state index is 4.44. The predicted molar refractivity (Wildman–Crippen MR) is 77.4 cm³/mol. The summed E-state index contributed by atoms with van der Waals surface area (Å²) in [4.78, 5) is 12.8. The third kappa shape index (κ3) is 2.76. The molecule has 0 spiro atoms. The van der Waals surface area contributed by atoms with Gasteiger partial charge in [-0.05, 0) is 29.7 Å². The van der Waals surface area contributed by atoms with Crippen molar-refractivity contribution in [2.45, 2.75) is 13.3 Å². The van der Waals surface area contributed by atoms with Crippen molar-refractivity contribution in [2.24, 2.45) is 4.99 Å². The van der Waals surface area contributed by atoms with Gasteiger partial charge in [0.25, 0.3) is 0 Å². The summed E-state index contributed by atoms with van der Waals surface area (Å²) in [6.07, 6.45) is 6.73. The lowest BCUT2D eigenvalue weighted by atomic mass is 10.0. The van der Waals surface area contributed by atoms with Gasteiger partial charge < -0.3 is 0 Å². The molecule has 19 heavy (non-hydrogen) atoms. The highest BCUT2D eigenvalue weighted by atomic mass is 14.9. The summed E-state index contributed by atoms with van der Waals surface area (Å²) >= 11 is 0. The van der Waals surface area contributed by atoms with Crippen LogP contribution < -0.4 is 0 Å². The van der Waals surface area contributed by atoms with Crippen LogP contribution >= 0.6 is 0 Å². The molecule has 0 fully saturated rings. The molecule has 0 bridgehead atoms. The maximum atomic E-state index is 4.44. The van der Waals surface area contributed by atoms with Crippen molar-refractivity contribution >= 4 is 11.8 Å². The SMILES string of the molecule is Cc1nccc(Cc2cccc(C3=CCN=C3)c2)n1. The molecule has 0 saturated carbocycles. The van der Waals surface area contributed by atoms with E-state index in [4.69, 9.17) is 0 Å². The lowest BCUT2D eigenvalue weighted by molar-refractivity contribution is 0.968. The maximum Gasteiger partial charge on any atom is 0.125 e. The second-order valence-electron chi connectivity index (χ2n) is 4.63. The van der Waals surface area contributed by atoms with Gasteiger partial charge in [0, 0.05) is 24.5 Å². The largest absolute Gasteiger partial charge is 0.288 e. The third-order valence-electron chi connectivity index (χ3n) is 3.13. The van der Waals surface area contributed by atoms with E-state index in [0.29, 0.717) is 0 Å². The number of aromatic nitrogens is 2. The summed E-state index contributed by atoms with van der Waals surface area (Å²) < 4.78 is 0. The van der Waals surface area contributed by atoms with Crippen molar-refractivity contribution in [1.82, 2.24) is 9.97 Å². The van der Waals surface area contributed by atoms with Gasteiger partial charge in [0.05, 0.1) is 6.54 Å². The quantitative estimate of drug-likeness (QED) is 0.839. The van der Waals surface area contributed by atoms with Crippen LogP contribution in [0.4, 0.5) is 0 Å². The van der Waals surface area contributed by atoms with E-state index < -0.39 is 0 Å². The number of aryl methyl sites for hydroxylation is 1. The van der Waals surface area contributed by atoms with Gasteiger partial charge >= 0.3 is 0 Å². The summed E-state index contributed by atoms with van der Waals surface area (Å²) in [6.45, 7) is 2.71. The molecule has 0 saturated heterocycles. The number of aliphatic imine (C=N–C) groups is 1. The zero-order valence-corrected chi connectivity index (χ0v) is 10.9. The molecule has 94 valence electrons. The average molecular weight is 249 g/mol. The Kier molecular flexibility index (Phi) is 3.19. The monoisotopic (exact) mass is 249 g/mol. The minimum atomic E-state index is 0.796. The molecular weight excluding hydrogens is 234 g/mol. The molecule has 1 aliphatic heterocycles. The molecule has 1 aromatic heterocycles. The molecule has 3 nitrogen and oxygen atoms in total. The molecule has 0 aliphatic carbocycles. The average Bonchev–Trinajstić information content (AvgIpc) is 2.93. The fourth-order valence-corrected chi connectivity index (χ4v) is 2.22. The van der Waals surface area contributed by atoms with E-state index in [0.717, 1.165) is 24.5 Å². The standard InChI is InChI=1S/C16H15N3/c1-12-18-8-6-16(19-12)10-13-3-2-4-14(9-13)15-5-7-17-11-15/h2-6,8-9,11H,7,10H2,1H3. The first kappa shape index (κ1) is 11.8. The molecule has 1 aliphatic rings. The zero-order valence-electron chi connectivity index (χ0n) is 10.9. The van der Waals surface area contributed by atoms with Crippen molar-refractivity contribution in [3.8, 4) is 0 Å². The Morgan fingerprint density at radius 1 is 1.21 bits per heavy atom. The van der Waals surface area contributed by atoms with E-state index in [-0.39, 0.29) is 0 Å². The third-order valence-corrected chi connectivity index (χ3v) is 3.13. The summed E-state index contributed by atoms with van der Waals surface area (Å²) in [5.41, 5.74) is 4.75. The molecule has 0 amide bonds. The molecular formula is C16H15N3. The highest BCUT2D eigenvalue weighted by Gasteiger charge is 2.05. The van der Waals surface area contributed by atoms with Crippen LogP contribution in [0.3, 0.4) is 0 Å². The molecule has 0 atom stereocenters. The van der Waals surface area contributed by atoms with E-state index >= 15 is 0 Å². The van der Waals surface area contributed by atoms with Gasteiger partial charge in [-0.15, -0.1) is 0 Å². The summed E-state index contributed by atoms with van der Waals surface area (Å²) in [5.74, 6) is 0.819. The Morgan fingerprint density at radius 3 is 2.95 bits per heavy atom. The molecule has 3 rings (SSSR count). The molecule has 1 aromatic carbocycles. The van der Waals surface area contributed by atoms with E-state index in [1.165, 1.54) is 16.7 Å². The van der Waals surface area contributed by atoms with Crippen LogP contribution in [0, 0.1) is 6.92 Å². The highest BCUT2D eigenvalue weighted by Crippen LogP contribution is 2.18. The highest BCUT2D eigenvalue weighted by molar-refractivity contribution is 6.11. The molecule has 0 unspecified atom stereocenters. The van der Waals surface area contributed by atoms with Crippen molar-refractivity contribution in [3.05, 3.63) is 65.2 Å². The van der Waals surface area contributed by atoms with Crippen LogP contribution in [0.15, 0.2) is 47.6 Å². The van der Waals surface area contributed by atoms with Crippen LogP contribution in [-0.2, 0) is 6.42 Å². The first-order valence-electron chi connectivity index (χ1n) is 6.39. The number of hydrogen-bond acceptors (Lipinski definition) is 3. The van der Waals surface area contributed by atoms with Crippen LogP contribution in [0.25, 0.3) is 5.57 Å². The Balaban J connectivity index is 1.85. The number of hydrogen-bond donors (Lipinski definition) is 0. The van der Waals surface area contributed by atoms with Crippen LogP contribution in [0.2, 0.25) is 0 Å².